The third-order valence-corrected chi connectivity index (χ3v) is 3.06. The van der Waals surface area contributed by atoms with Crippen molar-refractivity contribution < 1.29 is 4.79 Å². The van der Waals surface area contributed by atoms with Crippen LogP contribution in [0.1, 0.15) is 23.3 Å². The molecule has 1 heterocycles. The Morgan fingerprint density at radius 1 is 1.71 bits per heavy atom. The molecule has 76 valence electrons. The van der Waals surface area contributed by atoms with Gasteiger partial charge in [0.15, 0.2) is 5.13 Å². The molecule has 0 radical (unpaired) electrons. The first-order chi connectivity index (χ1) is 6.79. The Balaban J connectivity index is 1.88. The molecule has 0 spiro atoms. The first-order valence-electron chi connectivity index (χ1n) is 4.71. The number of anilines is 1. The molecule has 1 aliphatic rings. The molecule has 1 amide bonds. The standard InChI is InChI=1S/C9H13N3OS/c1-10-9-12-7(5-14-9)8(13)11-4-6-2-3-6/h5-6H,2-4H2,1H3,(H,10,12)(H,11,13). The van der Waals surface area contributed by atoms with E-state index in [1.165, 1.54) is 24.2 Å². The molecule has 2 rings (SSSR count). The number of rotatable bonds is 4. The van der Waals surface area contributed by atoms with Gasteiger partial charge in [0.2, 0.25) is 0 Å². The molecule has 0 bridgehead atoms. The van der Waals surface area contributed by atoms with Gasteiger partial charge in [0.05, 0.1) is 0 Å². The van der Waals surface area contributed by atoms with Gasteiger partial charge in [-0.15, -0.1) is 11.3 Å². The molecule has 1 aromatic heterocycles. The molecular weight excluding hydrogens is 198 g/mol. The zero-order chi connectivity index (χ0) is 9.97. The van der Waals surface area contributed by atoms with Crippen molar-refractivity contribution in [3.8, 4) is 0 Å². The lowest BCUT2D eigenvalue weighted by molar-refractivity contribution is 0.0947. The second-order valence-electron chi connectivity index (χ2n) is 3.44. The first-order valence-corrected chi connectivity index (χ1v) is 5.59. The molecule has 2 N–H and O–H groups in total. The summed E-state index contributed by atoms with van der Waals surface area (Å²) >= 11 is 1.44. The molecule has 0 atom stereocenters. The Morgan fingerprint density at radius 3 is 3.07 bits per heavy atom. The Morgan fingerprint density at radius 2 is 2.50 bits per heavy atom. The van der Waals surface area contributed by atoms with Gasteiger partial charge in [-0.25, -0.2) is 4.98 Å². The average molecular weight is 211 g/mol. The van der Waals surface area contributed by atoms with E-state index in [9.17, 15) is 4.79 Å². The van der Waals surface area contributed by atoms with Gasteiger partial charge in [-0.1, -0.05) is 0 Å². The third kappa shape index (κ3) is 2.23. The number of hydrogen-bond acceptors (Lipinski definition) is 4. The number of amides is 1. The van der Waals surface area contributed by atoms with Gasteiger partial charge < -0.3 is 10.6 Å². The van der Waals surface area contributed by atoms with Gasteiger partial charge in [0, 0.05) is 19.0 Å². The minimum absolute atomic E-state index is 0.0605. The molecule has 5 heteroatoms. The molecule has 0 saturated heterocycles. The molecule has 1 fully saturated rings. The smallest absolute Gasteiger partial charge is 0.270 e. The highest BCUT2D eigenvalue weighted by Crippen LogP contribution is 2.27. The molecular formula is C9H13N3OS. The summed E-state index contributed by atoms with van der Waals surface area (Å²) in [4.78, 5) is 15.6. The van der Waals surface area contributed by atoms with E-state index in [0.717, 1.165) is 11.7 Å². The van der Waals surface area contributed by atoms with Crippen LogP contribution in [0.15, 0.2) is 5.38 Å². The molecule has 4 nitrogen and oxygen atoms in total. The normalized spacial score (nSPS) is 15.2. The largest absolute Gasteiger partial charge is 0.365 e. The predicted molar refractivity (Wildman–Crippen MR) is 56.7 cm³/mol. The summed E-state index contributed by atoms with van der Waals surface area (Å²) in [6, 6.07) is 0. The van der Waals surface area contributed by atoms with Crippen LogP contribution in [0.4, 0.5) is 5.13 Å². The Labute approximate surface area is 86.7 Å². The van der Waals surface area contributed by atoms with E-state index < -0.39 is 0 Å². The van der Waals surface area contributed by atoms with Crippen molar-refractivity contribution in [2.75, 3.05) is 18.9 Å². The van der Waals surface area contributed by atoms with Crippen LogP contribution in [-0.2, 0) is 0 Å². The zero-order valence-corrected chi connectivity index (χ0v) is 8.86. The lowest BCUT2D eigenvalue weighted by Crippen LogP contribution is -2.25. The third-order valence-electron chi connectivity index (χ3n) is 2.20. The number of thiazole rings is 1. The van der Waals surface area contributed by atoms with Crippen molar-refractivity contribution in [2.24, 2.45) is 5.92 Å². The van der Waals surface area contributed by atoms with E-state index in [0.29, 0.717) is 11.6 Å². The number of nitrogens with zero attached hydrogens (tertiary/aromatic N) is 1. The summed E-state index contributed by atoms with van der Waals surface area (Å²) < 4.78 is 0. The number of nitrogens with one attached hydrogen (secondary N) is 2. The topological polar surface area (TPSA) is 54.0 Å². The quantitative estimate of drug-likeness (QED) is 0.790. The Kier molecular flexibility index (Phi) is 2.67. The van der Waals surface area contributed by atoms with Crippen molar-refractivity contribution in [1.29, 1.82) is 0 Å². The van der Waals surface area contributed by atoms with E-state index in [-0.39, 0.29) is 5.91 Å². The Bertz CT molecular complexity index is 333. The fourth-order valence-electron chi connectivity index (χ4n) is 1.14. The van der Waals surface area contributed by atoms with Crippen molar-refractivity contribution in [3.05, 3.63) is 11.1 Å². The van der Waals surface area contributed by atoms with Gasteiger partial charge >= 0.3 is 0 Å². The van der Waals surface area contributed by atoms with Gasteiger partial charge in [-0.05, 0) is 18.8 Å². The molecule has 1 aliphatic carbocycles. The van der Waals surface area contributed by atoms with E-state index in [4.69, 9.17) is 0 Å². The highest BCUT2D eigenvalue weighted by molar-refractivity contribution is 7.13. The fraction of sp³-hybridized carbons (Fsp3) is 0.556. The zero-order valence-electron chi connectivity index (χ0n) is 8.04. The van der Waals surface area contributed by atoms with Crippen LogP contribution in [0.3, 0.4) is 0 Å². The van der Waals surface area contributed by atoms with Gasteiger partial charge in [-0.2, -0.15) is 0 Å². The maximum absolute atomic E-state index is 11.5. The van der Waals surface area contributed by atoms with Crippen LogP contribution < -0.4 is 10.6 Å². The lowest BCUT2D eigenvalue weighted by Gasteiger charge is -1.99. The second kappa shape index (κ2) is 3.96. The molecule has 0 unspecified atom stereocenters. The first kappa shape index (κ1) is 9.45. The molecule has 1 aromatic rings. The summed E-state index contributed by atoms with van der Waals surface area (Å²) in [5.74, 6) is 0.649. The van der Waals surface area contributed by atoms with Crippen molar-refractivity contribution in [3.63, 3.8) is 0 Å². The van der Waals surface area contributed by atoms with E-state index in [1.807, 2.05) is 0 Å². The SMILES string of the molecule is CNc1nc(C(=O)NCC2CC2)cs1. The maximum atomic E-state index is 11.5. The number of carbonyl (C=O) groups excluding carboxylic acids is 1. The molecule has 0 aromatic carbocycles. The minimum atomic E-state index is -0.0605. The highest BCUT2D eigenvalue weighted by Gasteiger charge is 2.22. The summed E-state index contributed by atoms with van der Waals surface area (Å²) in [7, 11) is 1.80. The van der Waals surface area contributed by atoms with Crippen LogP contribution in [0.2, 0.25) is 0 Å². The Hall–Kier alpha value is -1.10. The van der Waals surface area contributed by atoms with E-state index >= 15 is 0 Å². The number of aromatic nitrogens is 1. The highest BCUT2D eigenvalue weighted by atomic mass is 32.1. The molecule has 14 heavy (non-hydrogen) atoms. The van der Waals surface area contributed by atoms with Gasteiger partial charge in [0.25, 0.3) is 5.91 Å². The molecule has 0 aliphatic heterocycles. The maximum Gasteiger partial charge on any atom is 0.270 e. The monoisotopic (exact) mass is 211 g/mol. The number of hydrogen-bond donors (Lipinski definition) is 2. The summed E-state index contributed by atoms with van der Waals surface area (Å²) in [6.07, 6.45) is 2.50. The fourth-order valence-corrected chi connectivity index (χ4v) is 1.79. The predicted octanol–water partition coefficient (Wildman–Crippen LogP) is 1.32. The van der Waals surface area contributed by atoms with E-state index in [1.54, 1.807) is 12.4 Å². The van der Waals surface area contributed by atoms with Crippen molar-refractivity contribution >= 4 is 22.4 Å². The minimum Gasteiger partial charge on any atom is -0.365 e. The van der Waals surface area contributed by atoms with Crippen molar-refractivity contribution in [1.82, 2.24) is 10.3 Å². The summed E-state index contributed by atoms with van der Waals surface area (Å²) in [5, 5.41) is 8.33. The summed E-state index contributed by atoms with van der Waals surface area (Å²) in [6.45, 7) is 0.797. The van der Waals surface area contributed by atoms with Crippen LogP contribution in [-0.4, -0.2) is 24.5 Å². The van der Waals surface area contributed by atoms with Gasteiger partial charge in [0.1, 0.15) is 5.69 Å². The number of carbonyl (C=O) groups is 1. The lowest BCUT2D eigenvalue weighted by atomic mass is 10.4. The van der Waals surface area contributed by atoms with E-state index in [2.05, 4.69) is 15.6 Å². The molecule has 1 saturated carbocycles. The van der Waals surface area contributed by atoms with Crippen LogP contribution in [0.5, 0.6) is 0 Å². The average Bonchev–Trinajstić information content (AvgIpc) is 2.90. The summed E-state index contributed by atoms with van der Waals surface area (Å²) in [5.41, 5.74) is 0.514. The van der Waals surface area contributed by atoms with Gasteiger partial charge in [-0.3, -0.25) is 4.79 Å². The van der Waals surface area contributed by atoms with Crippen LogP contribution in [0.25, 0.3) is 0 Å². The second-order valence-corrected chi connectivity index (χ2v) is 4.30. The van der Waals surface area contributed by atoms with Crippen LogP contribution >= 0.6 is 11.3 Å². The van der Waals surface area contributed by atoms with Crippen molar-refractivity contribution in [2.45, 2.75) is 12.8 Å². The van der Waals surface area contributed by atoms with Crippen LogP contribution in [0, 0.1) is 5.92 Å².